The Hall–Kier alpha value is -1.67. The monoisotopic (exact) mass is 307 g/mol. The van der Waals surface area contributed by atoms with Crippen molar-refractivity contribution >= 4 is 17.9 Å². The molecular weight excluding hydrogens is 282 g/mol. The molecule has 124 valence electrons. The van der Waals surface area contributed by atoms with Gasteiger partial charge in [0.2, 0.25) is 0 Å². The molecule has 0 rings (SSSR count). The Labute approximate surface area is 123 Å². The van der Waals surface area contributed by atoms with Crippen LogP contribution >= 0.6 is 0 Å². The van der Waals surface area contributed by atoms with Crippen LogP contribution in [0.2, 0.25) is 0 Å². The minimum atomic E-state index is -2.74. The van der Waals surface area contributed by atoms with Crippen LogP contribution in [-0.2, 0) is 14.4 Å². The van der Waals surface area contributed by atoms with E-state index in [4.69, 9.17) is 26.2 Å². The first-order valence-electron chi connectivity index (χ1n) is 6.64. The van der Waals surface area contributed by atoms with Gasteiger partial charge in [-0.3, -0.25) is 9.59 Å². The zero-order valence-electron chi connectivity index (χ0n) is 12.6. The summed E-state index contributed by atoms with van der Waals surface area (Å²) >= 11 is 0. The van der Waals surface area contributed by atoms with Gasteiger partial charge >= 0.3 is 17.9 Å². The van der Waals surface area contributed by atoms with Crippen molar-refractivity contribution in [2.75, 3.05) is 0 Å². The highest BCUT2D eigenvalue weighted by Crippen LogP contribution is 2.15. The molecule has 0 aromatic carbocycles. The van der Waals surface area contributed by atoms with Crippen LogP contribution in [0, 0.1) is 0 Å². The molecule has 6 N–H and O–H groups in total. The third kappa shape index (κ3) is 8.98. The molecule has 0 amide bonds. The van der Waals surface area contributed by atoms with Crippen molar-refractivity contribution in [3.63, 3.8) is 0 Å². The van der Waals surface area contributed by atoms with E-state index in [1.807, 2.05) is 0 Å². The molecule has 0 aliphatic carbocycles. The van der Waals surface area contributed by atoms with Gasteiger partial charge in [0.1, 0.15) is 0 Å². The summed E-state index contributed by atoms with van der Waals surface area (Å²) < 4.78 is 0. The fourth-order valence-electron chi connectivity index (χ4n) is 1.46. The lowest BCUT2D eigenvalue weighted by atomic mass is 9.92. The van der Waals surface area contributed by atoms with Crippen LogP contribution in [0.15, 0.2) is 0 Å². The number of carboxylic acids is 3. The maximum absolute atomic E-state index is 10.3. The summed E-state index contributed by atoms with van der Waals surface area (Å²) in [5.41, 5.74) is 3.28. The van der Waals surface area contributed by atoms with Gasteiger partial charge in [0.15, 0.2) is 5.60 Å². The van der Waals surface area contributed by atoms with Gasteiger partial charge in [-0.2, -0.15) is 0 Å². The predicted molar refractivity (Wildman–Crippen MR) is 74.9 cm³/mol. The molecule has 0 spiro atoms. The van der Waals surface area contributed by atoms with Gasteiger partial charge in [-0.15, -0.1) is 0 Å². The maximum Gasteiger partial charge on any atom is 0.336 e. The normalized spacial score (nSPS) is 11.3. The first-order chi connectivity index (χ1) is 9.46. The SMILES string of the molecule is CCC(N)(CC)CC.O=C(O)CC(O)(CC(=O)O)C(=O)O. The molecule has 8 heteroatoms. The summed E-state index contributed by atoms with van der Waals surface area (Å²) in [6, 6.07) is 0. The second kappa shape index (κ2) is 9.30. The smallest absolute Gasteiger partial charge is 0.336 e. The number of carbonyl (C=O) groups is 3. The quantitative estimate of drug-likeness (QED) is 0.437. The third-order valence-electron chi connectivity index (χ3n) is 3.40. The molecule has 0 aliphatic rings. The van der Waals surface area contributed by atoms with Crippen LogP contribution in [0.1, 0.15) is 52.9 Å². The number of rotatable bonds is 8. The first kappa shape index (κ1) is 21.6. The topological polar surface area (TPSA) is 158 Å². The van der Waals surface area contributed by atoms with Gasteiger partial charge in [-0.05, 0) is 19.3 Å². The minimum Gasteiger partial charge on any atom is -0.481 e. The number of aliphatic hydroxyl groups is 1. The van der Waals surface area contributed by atoms with Crippen molar-refractivity contribution in [2.24, 2.45) is 5.73 Å². The van der Waals surface area contributed by atoms with Crippen molar-refractivity contribution in [2.45, 2.75) is 64.0 Å². The van der Waals surface area contributed by atoms with Gasteiger partial charge < -0.3 is 26.2 Å². The Morgan fingerprint density at radius 2 is 1.14 bits per heavy atom. The zero-order valence-corrected chi connectivity index (χ0v) is 12.6. The summed E-state index contributed by atoms with van der Waals surface area (Å²) in [6.45, 7) is 6.44. The molecule has 0 fully saturated rings. The minimum absolute atomic E-state index is 0.125. The molecule has 0 saturated heterocycles. The second-order valence-electron chi connectivity index (χ2n) is 4.90. The van der Waals surface area contributed by atoms with Crippen molar-refractivity contribution in [1.82, 2.24) is 0 Å². The zero-order chi connectivity index (χ0) is 17.3. The average molecular weight is 307 g/mol. The molecule has 0 aromatic rings. The van der Waals surface area contributed by atoms with Crippen molar-refractivity contribution in [3.8, 4) is 0 Å². The lowest BCUT2D eigenvalue weighted by Crippen LogP contribution is -2.42. The highest BCUT2D eigenvalue weighted by molar-refractivity contribution is 5.88. The van der Waals surface area contributed by atoms with Gasteiger partial charge in [-0.25, -0.2) is 4.79 Å². The molecule has 0 radical (unpaired) electrons. The Balaban J connectivity index is 0. The molecule has 0 atom stereocenters. The van der Waals surface area contributed by atoms with E-state index in [2.05, 4.69) is 20.8 Å². The van der Waals surface area contributed by atoms with E-state index in [0.717, 1.165) is 19.3 Å². The second-order valence-corrected chi connectivity index (χ2v) is 4.90. The Morgan fingerprint density at radius 3 is 1.24 bits per heavy atom. The average Bonchev–Trinajstić information content (AvgIpc) is 2.36. The summed E-state index contributed by atoms with van der Waals surface area (Å²) in [5, 5.41) is 33.8. The molecule has 0 heterocycles. The van der Waals surface area contributed by atoms with Gasteiger partial charge in [0.05, 0.1) is 12.8 Å². The molecule has 21 heavy (non-hydrogen) atoms. The largest absolute Gasteiger partial charge is 0.481 e. The fourth-order valence-corrected chi connectivity index (χ4v) is 1.46. The third-order valence-corrected chi connectivity index (χ3v) is 3.40. The van der Waals surface area contributed by atoms with Crippen LogP contribution in [0.5, 0.6) is 0 Å². The Morgan fingerprint density at radius 1 is 0.857 bits per heavy atom. The number of aliphatic carboxylic acids is 3. The van der Waals surface area contributed by atoms with Crippen LogP contribution in [0.3, 0.4) is 0 Å². The number of carboxylic acid groups (broad SMARTS) is 3. The fraction of sp³-hybridized carbons (Fsp3) is 0.769. The molecule has 0 unspecified atom stereocenters. The number of hydrogen-bond acceptors (Lipinski definition) is 5. The Kier molecular flexibility index (Phi) is 9.58. The van der Waals surface area contributed by atoms with E-state index < -0.39 is 36.4 Å². The van der Waals surface area contributed by atoms with Gasteiger partial charge in [-0.1, -0.05) is 20.8 Å². The van der Waals surface area contributed by atoms with Crippen LogP contribution in [0.25, 0.3) is 0 Å². The van der Waals surface area contributed by atoms with E-state index in [0.29, 0.717) is 0 Å². The highest BCUT2D eigenvalue weighted by Gasteiger charge is 2.40. The summed E-state index contributed by atoms with van der Waals surface area (Å²) in [7, 11) is 0. The Bertz CT molecular complexity index is 339. The van der Waals surface area contributed by atoms with E-state index in [1.165, 1.54) is 0 Å². The van der Waals surface area contributed by atoms with E-state index >= 15 is 0 Å². The molecule has 8 nitrogen and oxygen atoms in total. The van der Waals surface area contributed by atoms with E-state index in [-0.39, 0.29) is 5.54 Å². The molecule has 0 aliphatic heterocycles. The first-order valence-corrected chi connectivity index (χ1v) is 6.64. The van der Waals surface area contributed by atoms with E-state index in [9.17, 15) is 14.4 Å². The molecule has 0 saturated carbocycles. The lowest BCUT2D eigenvalue weighted by molar-refractivity contribution is -0.170. The van der Waals surface area contributed by atoms with Gasteiger partial charge in [0.25, 0.3) is 0 Å². The predicted octanol–water partition coefficient (Wildman–Crippen LogP) is 0.665. The van der Waals surface area contributed by atoms with Crippen molar-refractivity contribution in [1.29, 1.82) is 0 Å². The molecular formula is C13H25NO7. The van der Waals surface area contributed by atoms with Crippen LogP contribution < -0.4 is 5.73 Å². The standard InChI is InChI=1S/C7H17N.C6H8O7/c1-4-7(8,5-2)6-3;7-3(8)1-6(13,5(11)12)2-4(9)10/h4-6,8H2,1-3H3;13H,1-2H2,(H,7,8)(H,9,10)(H,11,12). The van der Waals surface area contributed by atoms with E-state index in [1.54, 1.807) is 0 Å². The van der Waals surface area contributed by atoms with Crippen molar-refractivity contribution < 1.29 is 34.8 Å². The highest BCUT2D eigenvalue weighted by atomic mass is 16.4. The lowest BCUT2D eigenvalue weighted by Gasteiger charge is -2.23. The summed E-state index contributed by atoms with van der Waals surface area (Å²) in [5.74, 6) is -5.02. The van der Waals surface area contributed by atoms with Crippen LogP contribution in [0.4, 0.5) is 0 Å². The van der Waals surface area contributed by atoms with Crippen LogP contribution in [-0.4, -0.2) is 49.5 Å². The maximum atomic E-state index is 10.3. The number of nitrogens with two attached hydrogens (primary N) is 1. The summed E-state index contributed by atoms with van der Waals surface area (Å²) in [6.07, 6.45) is 1.00. The molecule has 0 bridgehead atoms. The van der Waals surface area contributed by atoms with Crippen molar-refractivity contribution in [3.05, 3.63) is 0 Å². The number of hydrogen-bond donors (Lipinski definition) is 5. The summed E-state index contributed by atoms with van der Waals surface area (Å²) in [4.78, 5) is 30.5. The van der Waals surface area contributed by atoms with Gasteiger partial charge in [0, 0.05) is 5.54 Å². The molecule has 0 aromatic heterocycles.